The Kier molecular flexibility index (Phi) is 7.21. The van der Waals surface area contributed by atoms with Crippen molar-refractivity contribution in [2.24, 2.45) is 0 Å². The lowest BCUT2D eigenvalue weighted by Crippen LogP contribution is -2.30. The number of carbonyl (C=O) groups is 2. The highest BCUT2D eigenvalue weighted by Gasteiger charge is 2.22. The molecule has 0 aliphatic carbocycles. The third-order valence-electron chi connectivity index (χ3n) is 4.87. The molecule has 0 fully saturated rings. The monoisotopic (exact) mass is 458 g/mol. The first-order valence-electron chi connectivity index (χ1n) is 10.3. The predicted octanol–water partition coefficient (Wildman–Crippen LogP) is 2.45. The maximum absolute atomic E-state index is 12.7. The topological polar surface area (TPSA) is 126 Å². The molecule has 10 nitrogen and oxygen atoms in total. The zero-order valence-electron chi connectivity index (χ0n) is 18.2. The number of benzene rings is 2. The Bertz CT molecular complexity index is 1220. The molecule has 32 heavy (non-hydrogen) atoms. The fourth-order valence-electron chi connectivity index (χ4n) is 3.26. The van der Waals surface area contributed by atoms with Crippen molar-refractivity contribution in [3.05, 3.63) is 42.5 Å². The fraction of sp³-hybridized carbons (Fsp3) is 0.333. The second-order valence-corrected chi connectivity index (χ2v) is 9.05. The smallest absolute Gasteiger partial charge is 0.243 e. The van der Waals surface area contributed by atoms with Crippen LogP contribution in [-0.4, -0.2) is 52.6 Å². The third kappa shape index (κ3) is 5.29. The Labute approximate surface area is 186 Å². The van der Waals surface area contributed by atoms with Gasteiger partial charge in [-0.2, -0.15) is 4.31 Å². The molecule has 0 aliphatic heterocycles. The van der Waals surface area contributed by atoms with E-state index in [0.29, 0.717) is 35.5 Å². The highest BCUT2D eigenvalue weighted by atomic mass is 32.2. The molecule has 170 valence electrons. The van der Waals surface area contributed by atoms with Gasteiger partial charge < -0.3 is 10.6 Å². The maximum atomic E-state index is 12.7. The number of rotatable bonds is 9. The van der Waals surface area contributed by atoms with Crippen molar-refractivity contribution >= 4 is 44.2 Å². The Morgan fingerprint density at radius 3 is 2.22 bits per heavy atom. The minimum atomic E-state index is -3.58. The lowest BCUT2D eigenvalue weighted by molar-refractivity contribution is -0.116. The molecule has 0 unspecified atom stereocenters. The van der Waals surface area contributed by atoms with Gasteiger partial charge in [-0.3, -0.25) is 9.59 Å². The summed E-state index contributed by atoms with van der Waals surface area (Å²) < 4.78 is 28.4. The number of hydrogen-bond donors (Lipinski definition) is 2. The first-order valence-corrected chi connectivity index (χ1v) is 11.7. The lowest BCUT2D eigenvalue weighted by atomic mass is 10.2. The third-order valence-corrected chi connectivity index (χ3v) is 6.91. The second kappa shape index (κ2) is 9.88. The average molecular weight is 459 g/mol. The maximum Gasteiger partial charge on any atom is 0.243 e. The minimum absolute atomic E-state index is 0.158. The van der Waals surface area contributed by atoms with Gasteiger partial charge >= 0.3 is 0 Å². The van der Waals surface area contributed by atoms with Crippen LogP contribution >= 0.6 is 0 Å². The van der Waals surface area contributed by atoms with Gasteiger partial charge in [-0.15, -0.1) is 5.10 Å². The summed E-state index contributed by atoms with van der Waals surface area (Å²) in [7, 11) is -3.58. The van der Waals surface area contributed by atoms with E-state index in [0.717, 1.165) is 0 Å². The van der Waals surface area contributed by atoms with Gasteiger partial charge in [0.1, 0.15) is 5.52 Å². The molecule has 3 aromatic rings. The van der Waals surface area contributed by atoms with Crippen LogP contribution in [0.4, 0.5) is 11.4 Å². The van der Waals surface area contributed by atoms with Gasteiger partial charge in [-0.1, -0.05) is 19.1 Å². The van der Waals surface area contributed by atoms with Crippen LogP contribution in [0.1, 0.15) is 27.2 Å². The Morgan fingerprint density at radius 2 is 1.62 bits per heavy atom. The molecule has 11 heteroatoms. The molecule has 3 rings (SSSR count). The number of nitrogens with one attached hydrogen (secondary N) is 2. The lowest BCUT2D eigenvalue weighted by Gasteiger charge is -2.18. The summed E-state index contributed by atoms with van der Waals surface area (Å²) in [6.45, 7) is 6.06. The Balaban J connectivity index is 1.65. The predicted molar refractivity (Wildman–Crippen MR) is 122 cm³/mol. The fourth-order valence-corrected chi connectivity index (χ4v) is 4.74. The van der Waals surface area contributed by atoms with Crippen LogP contribution in [0.15, 0.2) is 47.4 Å². The number of aromatic nitrogens is 3. The molecule has 2 amide bonds. The molecule has 0 radical (unpaired) electrons. The summed E-state index contributed by atoms with van der Waals surface area (Å²) in [4.78, 5) is 23.5. The van der Waals surface area contributed by atoms with E-state index in [9.17, 15) is 18.0 Å². The summed E-state index contributed by atoms with van der Waals surface area (Å²) in [5.74, 6) is -0.374. The number of nitrogens with zero attached hydrogens (tertiary/aromatic N) is 4. The van der Waals surface area contributed by atoms with E-state index in [2.05, 4.69) is 20.9 Å². The summed E-state index contributed by atoms with van der Waals surface area (Å²) in [6, 6.07) is 11.5. The quantitative estimate of drug-likeness (QED) is 0.507. The molecule has 0 bridgehead atoms. The Morgan fingerprint density at radius 1 is 1.00 bits per heavy atom. The molecular weight excluding hydrogens is 432 g/mol. The van der Waals surface area contributed by atoms with Gasteiger partial charge in [0, 0.05) is 37.8 Å². The number of anilines is 2. The van der Waals surface area contributed by atoms with E-state index in [-0.39, 0.29) is 29.7 Å². The van der Waals surface area contributed by atoms with Gasteiger partial charge in [0.05, 0.1) is 17.0 Å². The van der Waals surface area contributed by atoms with Crippen LogP contribution in [-0.2, 0) is 26.2 Å². The van der Waals surface area contributed by atoms with E-state index in [1.54, 1.807) is 48.9 Å². The number of aryl methyl sites for hydroxylation is 1. The molecule has 2 aromatic carbocycles. The van der Waals surface area contributed by atoms with Gasteiger partial charge in [0.15, 0.2) is 0 Å². The second-order valence-electron chi connectivity index (χ2n) is 7.11. The zero-order valence-corrected chi connectivity index (χ0v) is 19.0. The standard InChI is InChI=1S/C21H26N6O4S/c1-4-26(5-2)32(30,31)18-10-11-20-19(14-18)24-25-27(20)13-12-21(29)23-17-8-6-16(7-9-17)22-15(3)28/h6-11,14H,4-5,12-13H2,1-3H3,(H,22,28)(H,23,29). The van der Waals surface area contributed by atoms with Gasteiger partial charge in [-0.25, -0.2) is 13.1 Å². The minimum Gasteiger partial charge on any atom is -0.326 e. The molecule has 0 saturated carbocycles. The first-order chi connectivity index (χ1) is 15.2. The highest BCUT2D eigenvalue weighted by Crippen LogP contribution is 2.21. The van der Waals surface area contributed by atoms with Crippen LogP contribution in [0.25, 0.3) is 11.0 Å². The molecule has 0 saturated heterocycles. The molecule has 0 aliphatic rings. The van der Waals surface area contributed by atoms with Crippen molar-refractivity contribution in [1.82, 2.24) is 19.3 Å². The van der Waals surface area contributed by atoms with Gasteiger partial charge in [0.2, 0.25) is 21.8 Å². The van der Waals surface area contributed by atoms with Crippen LogP contribution in [0, 0.1) is 0 Å². The van der Waals surface area contributed by atoms with Gasteiger partial charge in [0.25, 0.3) is 0 Å². The van der Waals surface area contributed by atoms with Crippen molar-refractivity contribution in [3.8, 4) is 0 Å². The number of sulfonamides is 1. The van der Waals surface area contributed by atoms with E-state index in [4.69, 9.17) is 0 Å². The van der Waals surface area contributed by atoms with E-state index < -0.39 is 10.0 Å². The SMILES string of the molecule is CCN(CC)S(=O)(=O)c1ccc2c(c1)nnn2CCC(=O)Nc1ccc(NC(C)=O)cc1. The van der Waals surface area contributed by atoms with Crippen molar-refractivity contribution < 1.29 is 18.0 Å². The largest absolute Gasteiger partial charge is 0.326 e. The first kappa shape index (κ1) is 23.4. The van der Waals surface area contributed by atoms with E-state index in [1.165, 1.54) is 23.4 Å². The van der Waals surface area contributed by atoms with Crippen molar-refractivity contribution in [2.45, 2.75) is 38.6 Å². The molecule has 0 atom stereocenters. The normalized spacial score (nSPS) is 11.6. The molecule has 2 N–H and O–H groups in total. The number of hydrogen-bond acceptors (Lipinski definition) is 6. The summed E-state index contributed by atoms with van der Waals surface area (Å²) in [6.07, 6.45) is 0.158. The van der Waals surface area contributed by atoms with Crippen LogP contribution < -0.4 is 10.6 Å². The highest BCUT2D eigenvalue weighted by molar-refractivity contribution is 7.89. The van der Waals surface area contributed by atoms with E-state index >= 15 is 0 Å². The van der Waals surface area contributed by atoms with E-state index in [1.807, 2.05) is 0 Å². The van der Waals surface area contributed by atoms with Crippen LogP contribution in [0.2, 0.25) is 0 Å². The summed E-state index contributed by atoms with van der Waals surface area (Å²) in [5, 5.41) is 13.6. The molecule has 1 aromatic heterocycles. The summed E-state index contributed by atoms with van der Waals surface area (Å²) in [5.41, 5.74) is 2.36. The summed E-state index contributed by atoms with van der Waals surface area (Å²) >= 11 is 0. The van der Waals surface area contributed by atoms with Crippen molar-refractivity contribution in [2.75, 3.05) is 23.7 Å². The average Bonchev–Trinajstić information content (AvgIpc) is 3.16. The Hall–Kier alpha value is -3.31. The van der Waals surface area contributed by atoms with Crippen molar-refractivity contribution in [3.63, 3.8) is 0 Å². The van der Waals surface area contributed by atoms with Crippen LogP contribution in [0.3, 0.4) is 0 Å². The number of carbonyl (C=O) groups excluding carboxylic acids is 2. The molecule has 0 spiro atoms. The van der Waals surface area contributed by atoms with Gasteiger partial charge in [-0.05, 0) is 42.5 Å². The number of fused-ring (bicyclic) bond motifs is 1. The number of amides is 2. The molecular formula is C21H26N6O4S. The van der Waals surface area contributed by atoms with Crippen LogP contribution in [0.5, 0.6) is 0 Å². The molecule has 1 heterocycles. The van der Waals surface area contributed by atoms with Crippen molar-refractivity contribution in [1.29, 1.82) is 0 Å². The zero-order chi connectivity index (χ0) is 23.3.